The molecule has 0 aliphatic carbocycles. The second-order valence-electron chi connectivity index (χ2n) is 5.35. The number of fused-ring (bicyclic) bond motifs is 1. The largest absolute Gasteiger partial charge is 0.465 e. The van der Waals surface area contributed by atoms with E-state index in [4.69, 9.17) is 9.47 Å². The van der Waals surface area contributed by atoms with Gasteiger partial charge in [-0.3, -0.25) is 9.36 Å². The quantitative estimate of drug-likeness (QED) is 0.793. The zero-order chi connectivity index (χ0) is 17.3. The van der Waals surface area contributed by atoms with Crippen LogP contribution in [0.15, 0.2) is 11.1 Å². The van der Waals surface area contributed by atoms with E-state index < -0.39 is 18.0 Å². The Hall–Kier alpha value is -2.22. The van der Waals surface area contributed by atoms with Crippen molar-refractivity contribution in [3.63, 3.8) is 0 Å². The number of methoxy groups -OCH3 is 1. The van der Waals surface area contributed by atoms with Gasteiger partial charge in [0.25, 0.3) is 5.56 Å². The second kappa shape index (κ2) is 6.49. The summed E-state index contributed by atoms with van der Waals surface area (Å²) in [6.45, 7) is 6.71. The summed E-state index contributed by atoms with van der Waals surface area (Å²) in [5.41, 5.74) is 0.125. The fraction of sp³-hybridized carbons (Fsp3) is 0.467. The summed E-state index contributed by atoms with van der Waals surface area (Å²) < 4.78 is 11.0. The molecular formula is C15H18N2O5S. The van der Waals surface area contributed by atoms with Crippen molar-refractivity contribution in [2.75, 3.05) is 7.11 Å². The Morgan fingerprint density at radius 2 is 1.96 bits per heavy atom. The lowest BCUT2D eigenvalue weighted by Crippen LogP contribution is -2.30. The van der Waals surface area contributed by atoms with Crippen molar-refractivity contribution in [1.29, 1.82) is 0 Å². The van der Waals surface area contributed by atoms with Gasteiger partial charge in [0, 0.05) is 0 Å². The molecule has 0 saturated carbocycles. The molecule has 0 fully saturated rings. The highest BCUT2D eigenvalue weighted by atomic mass is 32.1. The maximum atomic E-state index is 12.7. The number of hydrogen-bond acceptors (Lipinski definition) is 7. The average Bonchev–Trinajstić information content (AvgIpc) is 2.83. The Labute approximate surface area is 136 Å². The van der Waals surface area contributed by atoms with Crippen LogP contribution in [0.5, 0.6) is 0 Å². The average molecular weight is 338 g/mol. The van der Waals surface area contributed by atoms with Gasteiger partial charge in [-0.2, -0.15) is 0 Å². The van der Waals surface area contributed by atoms with Gasteiger partial charge in [0.05, 0.1) is 24.9 Å². The van der Waals surface area contributed by atoms with Crippen LogP contribution < -0.4 is 5.56 Å². The molecule has 0 bridgehead atoms. The van der Waals surface area contributed by atoms with Crippen LogP contribution >= 0.6 is 11.3 Å². The fourth-order valence-electron chi connectivity index (χ4n) is 2.14. The summed E-state index contributed by atoms with van der Waals surface area (Å²) in [5, 5.41) is 0.321. The van der Waals surface area contributed by atoms with Crippen LogP contribution in [-0.4, -0.2) is 34.7 Å². The van der Waals surface area contributed by atoms with Gasteiger partial charge in [-0.15, -0.1) is 11.3 Å². The minimum Gasteiger partial charge on any atom is -0.465 e. The molecule has 0 radical (unpaired) electrons. The highest BCUT2D eigenvalue weighted by molar-refractivity contribution is 7.20. The first-order valence-electron chi connectivity index (χ1n) is 7.07. The number of esters is 2. The first-order chi connectivity index (χ1) is 10.8. The number of carbonyl (C=O) groups excluding carboxylic acids is 2. The molecule has 2 aromatic rings. The Kier molecular flexibility index (Phi) is 4.84. The smallest absolute Gasteiger partial charge is 0.348 e. The number of nitrogens with zero attached hydrogens (tertiary/aromatic N) is 2. The molecule has 0 amide bonds. The van der Waals surface area contributed by atoms with Crippen molar-refractivity contribution >= 4 is 33.5 Å². The monoisotopic (exact) mass is 338 g/mol. The normalized spacial score (nSPS) is 12.4. The zero-order valence-electron chi connectivity index (χ0n) is 13.6. The van der Waals surface area contributed by atoms with E-state index in [0.29, 0.717) is 20.7 Å². The van der Waals surface area contributed by atoms with E-state index in [1.807, 2.05) is 0 Å². The summed E-state index contributed by atoms with van der Waals surface area (Å²) in [5.74, 6) is -1.02. The summed E-state index contributed by atoms with van der Waals surface area (Å²) in [4.78, 5) is 41.4. The van der Waals surface area contributed by atoms with E-state index >= 15 is 0 Å². The number of hydrogen-bond donors (Lipinski definition) is 0. The van der Waals surface area contributed by atoms with Crippen LogP contribution in [0.4, 0.5) is 0 Å². The van der Waals surface area contributed by atoms with Gasteiger partial charge in [0.1, 0.15) is 15.7 Å². The predicted molar refractivity (Wildman–Crippen MR) is 85.9 cm³/mol. The van der Waals surface area contributed by atoms with Gasteiger partial charge < -0.3 is 9.47 Å². The van der Waals surface area contributed by atoms with Gasteiger partial charge in [0.2, 0.25) is 0 Å². The third-order valence-electron chi connectivity index (χ3n) is 3.36. The molecule has 1 atom stereocenters. The molecule has 7 nitrogen and oxygen atoms in total. The number of ether oxygens (including phenoxy) is 2. The topological polar surface area (TPSA) is 87.5 Å². The Morgan fingerprint density at radius 3 is 2.52 bits per heavy atom. The lowest BCUT2D eigenvalue weighted by atomic mass is 10.2. The molecule has 0 N–H and O–H groups in total. The number of aromatic nitrogens is 2. The highest BCUT2D eigenvalue weighted by Gasteiger charge is 2.24. The second-order valence-corrected chi connectivity index (χ2v) is 6.35. The van der Waals surface area contributed by atoms with Gasteiger partial charge in [-0.25, -0.2) is 14.6 Å². The first-order valence-corrected chi connectivity index (χ1v) is 7.88. The first kappa shape index (κ1) is 17.1. The van der Waals surface area contributed by atoms with Crippen molar-refractivity contribution in [2.24, 2.45) is 0 Å². The summed E-state index contributed by atoms with van der Waals surface area (Å²) in [7, 11) is 1.28. The molecule has 2 heterocycles. The maximum Gasteiger partial charge on any atom is 0.348 e. The van der Waals surface area contributed by atoms with Crippen molar-refractivity contribution in [3.05, 3.63) is 27.1 Å². The Bertz CT molecular complexity index is 821. The van der Waals surface area contributed by atoms with Crippen molar-refractivity contribution < 1.29 is 19.1 Å². The molecule has 8 heteroatoms. The highest BCUT2D eigenvalue weighted by Crippen LogP contribution is 2.27. The number of rotatable bonds is 4. The van der Waals surface area contributed by atoms with Crippen LogP contribution in [0, 0.1) is 6.92 Å². The molecule has 23 heavy (non-hydrogen) atoms. The number of aryl methyl sites for hydroxylation is 1. The lowest BCUT2D eigenvalue weighted by molar-refractivity contribution is -0.151. The van der Waals surface area contributed by atoms with E-state index in [9.17, 15) is 14.4 Å². The van der Waals surface area contributed by atoms with Crippen LogP contribution in [-0.2, 0) is 14.3 Å². The lowest BCUT2D eigenvalue weighted by Gasteiger charge is -2.15. The summed E-state index contributed by atoms with van der Waals surface area (Å²) in [6.07, 6.45) is 1.03. The number of carbonyl (C=O) groups is 2. The van der Waals surface area contributed by atoms with E-state index in [1.54, 1.807) is 27.7 Å². The third kappa shape index (κ3) is 3.12. The minimum absolute atomic E-state index is 0.272. The molecule has 0 unspecified atom stereocenters. The molecule has 0 aromatic carbocycles. The van der Waals surface area contributed by atoms with Crippen molar-refractivity contribution in [3.8, 4) is 0 Å². The van der Waals surface area contributed by atoms with E-state index in [2.05, 4.69) is 4.98 Å². The predicted octanol–water partition coefficient (Wildman–Crippen LogP) is 2.07. The molecule has 0 spiro atoms. The van der Waals surface area contributed by atoms with Gasteiger partial charge in [0.15, 0.2) is 0 Å². The van der Waals surface area contributed by atoms with Crippen LogP contribution in [0.3, 0.4) is 0 Å². The van der Waals surface area contributed by atoms with Gasteiger partial charge in [-0.1, -0.05) is 0 Å². The molecule has 124 valence electrons. The van der Waals surface area contributed by atoms with Crippen molar-refractivity contribution in [1.82, 2.24) is 9.55 Å². The molecule has 0 aliphatic rings. The standard InChI is InChI=1S/C15H18N2O5S/c1-7(2)22-14(19)9(4)17-6-16-12-10(13(17)18)8(3)11(23-12)15(20)21-5/h6-7,9H,1-5H3/t9-/m0/s1. The Morgan fingerprint density at radius 1 is 1.30 bits per heavy atom. The minimum atomic E-state index is -0.803. The Balaban J connectivity index is 2.55. The molecular weight excluding hydrogens is 320 g/mol. The SMILES string of the molecule is COC(=O)c1sc2ncn([C@@H](C)C(=O)OC(C)C)c(=O)c2c1C. The van der Waals surface area contributed by atoms with Crippen LogP contribution in [0.25, 0.3) is 10.2 Å². The van der Waals surface area contributed by atoms with Crippen LogP contribution in [0.1, 0.15) is 42.0 Å². The molecule has 2 aromatic heterocycles. The fourth-order valence-corrected chi connectivity index (χ4v) is 3.20. The van der Waals surface area contributed by atoms with E-state index in [-0.39, 0.29) is 11.7 Å². The van der Waals surface area contributed by atoms with E-state index in [1.165, 1.54) is 18.0 Å². The van der Waals surface area contributed by atoms with Gasteiger partial charge in [-0.05, 0) is 33.3 Å². The van der Waals surface area contributed by atoms with Gasteiger partial charge >= 0.3 is 11.9 Å². The molecule has 0 aliphatic heterocycles. The van der Waals surface area contributed by atoms with Crippen molar-refractivity contribution in [2.45, 2.75) is 39.8 Å². The summed E-state index contributed by atoms with van der Waals surface area (Å²) >= 11 is 1.10. The molecule has 0 saturated heterocycles. The maximum absolute atomic E-state index is 12.7. The number of thiophene rings is 1. The molecule has 2 rings (SSSR count). The zero-order valence-corrected chi connectivity index (χ0v) is 14.4. The summed E-state index contributed by atoms with van der Waals surface area (Å²) in [6, 6.07) is -0.803. The third-order valence-corrected chi connectivity index (χ3v) is 4.54. The van der Waals surface area contributed by atoms with E-state index in [0.717, 1.165) is 11.3 Å². The van der Waals surface area contributed by atoms with Crippen LogP contribution in [0.2, 0.25) is 0 Å².